The number of carbonyl (C=O) groups excluding carboxylic acids is 1. The summed E-state index contributed by atoms with van der Waals surface area (Å²) < 4.78 is 4.54. The maximum Gasteiger partial charge on any atom is 0.337 e. The lowest BCUT2D eigenvalue weighted by Crippen LogP contribution is -2.01. The predicted molar refractivity (Wildman–Crippen MR) is 46.1 cm³/mol. The van der Waals surface area contributed by atoms with Crippen LogP contribution in [0.3, 0.4) is 0 Å². The lowest BCUT2D eigenvalue weighted by atomic mass is 10.2. The van der Waals surface area contributed by atoms with Crippen molar-refractivity contribution >= 4 is 5.97 Å². The highest BCUT2D eigenvalue weighted by molar-refractivity contribution is 5.93. The van der Waals surface area contributed by atoms with Gasteiger partial charge in [-0.2, -0.15) is 0 Å². The second-order valence-corrected chi connectivity index (χ2v) is 2.56. The van der Waals surface area contributed by atoms with Gasteiger partial charge >= 0.3 is 5.97 Å². The fourth-order valence-electron chi connectivity index (χ4n) is 0.933. The van der Waals surface area contributed by atoms with Gasteiger partial charge in [0, 0.05) is 5.70 Å². The van der Waals surface area contributed by atoms with Crippen LogP contribution in [0.4, 0.5) is 0 Å². The van der Waals surface area contributed by atoms with Crippen molar-refractivity contribution in [1.29, 1.82) is 0 Å². The van der Waals surface area contributed by atoms with E-state index in [1.165, 1.54) is 7.11 Å². The number of ether oxygens (including phenoxy) is 1. The van der Waals surface area contributed by atoms with Gasteiger partial charge in [-0.15, -0.1) is 0 Å². The van der Waals surface area contributed by atoms with Crippen molar-refractivity contribution in [2.75, 3.05) is 7.11 Å². The number of rotatable bonds is 1. The quantitative estimate of drug-likeness (QED) is 0.587. The van der Waals surface area contributed by atoms with E-state index in [0.29, 0.717) is 11.3 Å². The highest BCUT2D eigenvalue weighted by Gasteiger charge is 2.11. The van der Waals surface area contributed by atoms with Crippen LogP contribution in [-0.2, 0) is 9.53 Å². The van der Waals surface area contributed by atoms with Crippen LogP contribution in [0.5, 0.6) is 0 Å². The summed E-state index contributed by atoms with van der Waals surface area (Å²) in [5.74, 6) is -0.331. The van der Waals surface area contributed by atoms with Crippen LogP contribution in [0.25, 0.3) is 0 Å². The Hall–Kier alpha value is -1.51. The molecule has 64 valence electrons. The molecule has 0 aromatic rings. The number of esters is 1. The zero-order valence-corrected chi connectivity index (χ0v) is 7.13. The van der Waals surface area contributed by atoms with E-state index >= 15 is 0 Å². The van der Waals surface area contributed by atoms with Crippen LogP contribution < -0.4 is 5.73 Å². The van der Waals surface area contributed by atoms with Gasteiger partial charge in [0.1, 0.15) is 0 Å². The molecule has 0 aromatic carbocycles. The number of hydrogen-bond acceptors (Lipinski definition) is 3. The molecule has 3 heteroatoms. The average molecular weight is 165 g/mol. The van der Waals surface area contributed by atoms with Crippen molar-refractivity contribution in [2.24, 2.45) is 5.73 Å². The highest BCUT2D eigenvalue weighted by Crippen LogP contribution is 2.17. The smallest absolute Gasteiger partial charge is 0.337 e. The van der Waals surface area contributed by atoms with Gasteiger partial charge in [-0.1, -0.05) is 6.08 Å². The molecule has 0 amide bonds. The maximum atomic E-state index is 11.0. The van der Waals surface area contributed by atoms with E-state index in [0.717, 1.165) is 5.57 Å². The molecular formula is C9H11NO2. The molecule has 0 unspecified atom stereocenters. The third-order valence-corrected chi connectivity index (χ3v) is 1.63. The fourth-order valence-corrected chi connectivity index (χ4v) is 0.933. The molecule has 0 aliphatic heterocycles. The number of carbonyl (C=O) groups is 1. The molecule has 0 heterocycles. The van der Waals surface area contributed by atoms with Crippen LogP contribution in [0.1, 0.15) is 6.92 Å². The lowest BCUT2D eigenvalue weighted by molar-refractivity contribution is -0.135. The van der Waals surface area contributed by atoms with Crippen molar-refractivity contribution in [1.82, 2.24) is 0 Å². The molecule has 1 aliphatic carbocycles. The standard InChI is InChI=1S/C9H11NO2/c1-6(10)7-3-4-8(5-7)9(11)12-2/h3-5H,10H2,1-2H3/b7-6-. The molecule has 0 atom stereocenters. The third kappa shape index (κ3) is 1.56. The van der Waals surface area contributed by atoms with Crippen molar-refractivity contribution in [3.63, 3.8) is 0 Å². The molecule has 12 heavy (non-hydrogen) atoms. The fraction of sp³-hybridized carbons (Fsp3) is 0.222. The molecule has 0 spiro atoms. The Kier molecular flexibility index (Phi) is 2.33. The summed E-state index contributed by atoms with van der Waals surface area (Å²) >= 11 is 0. The summed E-state index contributed by atoms with van der Waals surface area (Å²) in [7, 11) is 1.36. The first-order chi connectivity index (χ1) is 5.65. The number of methoxy groups -OCH3 is 1. The van der Waals surface area contributed by atoms with Crippen molar-refractivity contribution < 1.29 is 9.53 Å². The normalized spacial score (nSPS) is 19.0. The van der Waals surface area contributed by atoms with Gasteiger partial charge in [0.2, 0.25) is 0 Å². The topological polar surface area (TPSA) is 52.3 Å². The Bertz CT molecular complexity index is 294. The summed E-state index contributed by atoms with van der Waals surface area (Å²) in [6.07, 6.45) is 5.19. The van der Waals surface area contributed by atoms with E-state index in [9.17, 15) is 4.79 Å². The van der Waals surface area contributed by atoms with Crippen molar-refractivity contribution in [3.05, 3.63) is 35.1 Å². The first kappa shape index (κ1) is 8.59. The summed E-state index contributed by atoms with van der Waals surface area (Å²) in [4.78, 5) is 11.0. The number of nitrogens with two attached hydrogens (primary N) is 1. The minimum absolute atomic E-state index is 0.331. The van der Waals surface area contributed by atoms with E-state index in [2.05, 4.69) is 4.74 Å². The maximum absolute atomic E-state index is 11.0. The van der Waals surface area contributed by atoms with Crippen LogP contribution in [0, 0.1) is 0 Å². The van der Waals surface area contributed by atoms with E-state index in [1.807, 2.05) is 0 Å². The van der Waals surface area contributed by atoms with Gasteiger partial charge in [0.15, 0.2) is 0 Å². The molecule has 0 fully saturated rings. The molecule has 1 aliphatic rings. The van der Waals surface area contributed by atoms with Crippen LogP contribution in [0.2, 0.25) is 0 Å². The van der Waals surface area contributed by atoms with Crippen molar-refractivity contribution in [2.45, 2.75) is 6.92 Å². The van der Waals surface area contributed by atoms with Gasteiger partial charge in [-0.3, -0.25) is 0 Å². The zero-order chi connectivity index (χ0) is 9.14. The number of hydrogen-bond donors (Lipinski definition) is 1. The Balaban J connectivity index is 2.89. The molecule has 3 nitrogen and oxygen atoms in total. The van der Waals surface area contributed by atoms with Crippen LogP contribution in [0.15, 0.2) is 35.1 Å². The molecule has 0 saturated heterocycles. The molecule has 0 radical (unpaired) electrons. The van der Waals surface area contributed by atoms with Gasteiger partial charge in [-0.25, -0.2) is 4.79 Å². The highest BCUT2D eigenvalue weighted by atomic mass is 16.5. The molecule has 0 bridgehead atoms. The summed E-state index contributed by atoms with van der Waals surface area (Å²) in [5.41, 5.74) is 7.64. The Morgan fingerprint density at radius 3 is 2.58 bits per heavy atom. The van der Waals surface area contributed by atoms with Gasteiger partial charge in [0.25, 0.3) is 0 Å². The first-order valence-corrected chi connectivity index (χ1v) is 3.59. The summed E-state index contributed by atoms with van der Waals surface area (Å²) in [6, 6.07) is 0. The van der Waals surface area contributed by atoms with E-state index in [1.54, 1.807) is 25.2 Å². The zero-order valence-electron chi connectivity index (χ0n) is 7.13. The van der Waals surface area contributed by atoms with Gasteiger partial charge in [0.05, 0.1) is 12.7 Å². The largest absolute Gasteiger partial charge is 0.465 e. The Morgan fingerprint density at radius 2 is 2.17 bits per heavy atom. The average Bonchev–Trinajstić information content (AvgIpc) is 2.51. The minimum atomic E-state index is -0.331. The summed E-state index contributed by atoms with van der Waals surface area (Å²) in [5, 5.41) is 0. The molecular weight excluding hydrogens is 154 g/mol. The van der Waals surface area contributed by atoms with Crippen molar-refractivity contribution in [3.8, 4) is 0 Å². The molecule has 1 rings (SSSR count). The third-order valence-electron chi connectivity index (χ3n) is 1.63. The SMILES string of the molecule is COC(=O)C1=C/C(=C(/C)N)C=C1. The van der Waals surface area contributed by atoms with Crippen LogP contribution in [-0.4, -0.2) is 13.1 Å². The second-order valence-electron chi connectivity index (χ2n) is 2.56. The number of allylic oxidation sites excluding steroid dienone is 4. The minimum Gasteiger partial charge on any atom is -0.465 e. The van der Waals surface area contributed by atoms with Crippen LogP contribution >= 0.6 is 0 Å². The first-order valence-electron chi connectivity index (χ1n) is 3.59. The Morgan fingerprint density at radius 1 is 1.50 bits per heavy atom. The van der Waals surface area contributed by atoms with E-state index in [-0.39, 0.29) is 5.97 Å². The molecule has 0 saturated carbocycles. The molecule has 2 N–H and O–H groups in total. The second kappa shape index (κ2) is 3.26. The van der Waals surface area contributed by atoms with Gasteiger partial charge < -0.3 is 10.5 Å². The van der Waals surface area contributed by atoms with E-state index < -0.39 is 0 Å². The predicted octanol–water partition coefficient (Wildman–Crippen LogP) is 0.888. The monoisotopic (exact) mass is 165 g/mol. The van der Waals surface area contributed by atoms with Gasteiger partial charge in [-0.05, 0) is 24.6 Å². The molecule has 0 aromatic heterocycles. The summed E-state index contributed by atoms with van der Waals surface area (Å²) in [6.45, 7) is 1.79. The van der Waals surface area contributed by atoms with E-state index in [4.69, 9.17) is 5.73 Å². The Labute approximate surface area is 71.2 Å². The lowest BCUT2D eigenvalue weighted by Gasteiger charge is -1.95.